The van der Waals surface area contributed by atoms with E-state index < -0.39 is 9.84 Å². The molecule has 20 heavy (non-hydrogen) atoms. The van der Waals surface area contributed by atoms with Gasteiger partial charge in [-0.1, -0.05) is 12.1 Å². The highest BCUT2D eigenvalue weighted by Gasteiger charge is 2.10. The molecule has 1 aromatic carbocycles. The third-order valence-electron chi connectivity index (χ3n) is 2.98. The Labute approximate surface area is 127 Å². The van der Waals surface area contributed by atoms with E-state index in [-0.39, 0.29) is 6.04 Å². The average molecular weight is 358 g/mol. The summed E-state index contributed by atoms with van der Waals surface area (Å²) in [6, 6.07) is 10.7. The van der Waals surface area contributed by atoms with E-state index in [1.54, 1.807) is 12.1 Å². The Morgan fingerprint density at radius 3 is 2.35 bits per heavy atom. The van der Waals surface area contributed by atoms with Crippen LogP contribution in [0.2, 0.25) is 0 Å². The Morgan fingerprint density at radius 1 is 1.20 bits per heavy atom. The van der Waals surface area contributed by atoms with Crippen molar-refractivity contribution in [3.63, 3.8) is 0 Å². The molecular weight excluding hydrogens is 342 g/mol. The smallest absolute Gasteiger partial charge is 0.175 e. The summed E-state index contributed by atoms with van der Waals surface area (Å²) >= 11 is 3.27. The van der Waals surface area contributed by atoms with E-state index in [4.69, 9.17) is 4.42 Å². The molecule has 1 aromatic heterocycles. The molecule has 2 aromatic rings. The lowest BCUT2D eigenvalue weighted by atomic mass is 10.2. The van der Waals surface area contributed by atoms with Gasteiger partial charge in [-0.2, -0.15) is 0 Å². The minimum atomic E-state index is -3.13. The van der Waals surface area contributed by atoms with E-state index in [0.29, 0.717) is 16.1 Å². The van der Waals surface area contributed by atoms with Crippen LogP contribution in [0.4, 0.5) is 0 Å². The molecule has 0 aliphatic heterocycles. The second-order valence-corrected chi connectivity index (χ2v) is 7.46. The molecule has 0 amide bonds. The maximum absolute atomic E-state index is 11.4. The molecule has 0 aliphatic rings. The molecule has 1 unspecified atom stereocenters. The first-order chi connectivity index (χ1) is 9.36. The summed E-state index contributed by atoms with van der Waals surface area (Å²) in [6.45, 7) is 2.65. The summed E-state index contributed by atoms with van der Waals surface area (Å²) in [7, 11) is -3.13. The van der Waals surface area contributed by atoms with Crippen LogP contribution in [0.5, 0.6) is 0 Å². The largest absolute Gasteiger partial charge is 0.453 e. The molecule has 1 heterocycles. The molecule has 0 saturated carbocycles. The third-order valence-corrected chi connectivity index (χ3v) is 4.54. The Morgan fingerprint density at radius 2 is 1.85 bits per heavy atom. The second kappa shape index (κ2) is 6.11. The molecule has 1 atom stereocenters. The van der Waals surface area contributed by atoms with Gasteiger partial charge < -0.3 is 9.73 Å². The van der Waals surface area contributed by atoms with Gasteiger partial charge in [0.05, 0.1) is 10.9 Å². The van der Waals surface area contributed by atoms with Crippen molar-refractivity contribution in [3.8, 4) is 0 Å². The third kappa shape index (κ3) is 3.94. The first kappa shape index (κ1) is 15.3. The van der Waals surface area contributed by atoms with Crippen LogP contribution < -0.4 is 5.32 Å². The molecule has 1 N–H and O–H groups in total. The molecule has 0 spiro atoms. The molecule has 6 heteroatoms. The first-order valence-corrected chi connectivity index (χ1v) is 8.82. The molecule has 0 fully saturated rings. The van der Waals surface area contributed by atoms with Crippen LogP contribution in [0.15, 0.2) is 50.4 Å². The van der Waals surface area contributed by atoms with E-state index in [1.807, 2.05) is 31.2 Å². The van der Waals surface area contributed by atoms with Gasteiger partial charge in [-0.05, 0) is 52.7 Å². The summed E-state index contributed by atoms with van der Waals surface area (Å²) in [5, 5.41) is 3.32. The fourth-order valence-electron chi connectivity index (χ4n) is 1.79. The van der Waals surface area contributed by atoms with Crippen LogP contribution >= 0.6 is 15.9 Å². The van der Waals surface area contributed by atoms with E-state index in [1.165, 1.54) is 6.26 Å². The number of sulfone groups is 1. The summed E-state index contributed by atoms with van der Waals surface area (Å²) in [5.41, 5.74) is 1.02. The highest BCUT2D eigenvalue weighted by Crippen LogP contribution is 2.20. The highest BCUT2D eigenvalue weighted by atomic mass is 79.9. The van der Waals surface area contributed by atoms with E-state index in [9.17, 15) is 8.42 Å². The number of hydrogen-bond donors (Lipinski definition) is 1. The summed E-state index contributed by atoms with van der Waals surface area (Å²) in [5.74, 6) is 0.852. The first-order valence-electron chi connectivity index (χ1n) is 6.14. The molecule has 0 saturated heterocycles. The zero-order valence-electron chi connectivity index (χ0n) is 11.3. The normalized spacial score (nSPS) is 13.3. The van der Waals surface area contributed by atoms with Crippen molar-refractivity contribution in [3.05, 3.63) is 52.4 Å². The number of furan rings is 1. The zero-order valence-corrected chi connectivity index (χ0v) is 13.7. The fraction of sp³-hybridized carbons (Fsp3) is 0.286. The quantitative estimate of drug-likeness (QED) is 0.891. The second-order valence-electron chi connectivity index (χ2n) is 4.66. The monoisotopic (exact) mass is 357 g/mol. The van der Waals surface area contributed by atoms with E-state index in [2.05, 4.69) is 21.2 Å². The van der Waals surface area contributed by atoms with Crippen LogP contribution in [0.1, 0.15) is 24.3 Å². The number of hydrogen-bond acceptors (Lipinski definition) is 4. The minimum Gasteiger partial charge on any atom is -0.453 e. The molecule has 4 nitrogen and oxygen atoms in total. The maximum atomic E-state index is 11.4. The van der Waals surface area contributed by atoms with Gasteiger partial charge >= 0.3 is 0 Å². The predicted octanol–water partition coefficient (Wildman–Crippen LogP) is 3.30. The van der Waals surface area contributed by atoms with Crippen molar-refractivity contribution >= 4 is 25.8 Å². The van der Waals surface area contributed by atoms with Crippen LogP contribution in [0.25, 0.3) is 0 Å². The number of benzene rings is 1. The molecule has 0 aliphatic carbocycles. The standard InChI is InChI=1S/C14H16BrNO3S/c1-10(13-7-8-14(15)19-13)16-9-11-3-5-12(6-4-11)20(2,17)18/h3-8,10,16H,9H2,1-2H3. The van der Waals surface area contributed by atoms with Gasteiger partial charge in [0, 0.05) is 12.8 Å². The van der Waals surface area contributed by atoms with Crippen molar-refractivity contribution < 1.29 is 12.8 Å². The van der Waals surface area contributed by atoms with Crippen LogP contribution in [-0.2, 0) is 16.4 Å². The number of halogens is 1. The predicted molar refractivity (Wildman–Crippen MR) is 81.2 cm³/mol. The molecule has 0 radical (unpaired) electrons. The molecule has 2 rings (SSSR count). The van der Waals surface area contributed by atoms with Gasteiger partial charge in [-0.15, -0.1) is 0 Å². The Hall–Kier alpha value is -1.11. The SMILES string of the molecule is CC(NCc1ccc(S(C)(=O)=O)cc1)c1ccc(Br)o1. The van der Waals surface area contributed by atoms with Crippen molar-refractivity contribution in [1.29, 1.82) is 0 Å². The lowest BCUT2D eigenvalue weighted by Gasteiger charge is -2.11. The Kier molecular flexibility index (Phi) is 4.67. The maximum Gasteiger partial charge on any atom is 0.175 e. The number of rotatable bonds is 5. The van der Waals surface area contributed by atoms with Gasteiger partial charge in [0.1, 0.15) is 5.76 Å². The molecule has 108 valence electrons. The van der Waals surface area contributed by atoms with E-state index >= 15 is 0 Å². The van der Waals surface area contributed by atoms with Gasteiger partial charge in [-0.25, -0.2) is 8.42 Å². The van der Waals surface area contributed by atoms with Crippen LogP contribution in [-0.4, -0.2) is 14.7 Å². The van der Waals surface area contributed by atoms with Gasteiger partial charge in [-0.3, -0.25) is 0 Å². The zero-order chi connectivity index (χ0) is 14.8. The van der Waals surface area contributed by atoms with Crippen molar-refractivity contribution in [2.24, 2.45) is 0 Å². The highest BCUT2D eigenvalue weighted by molar-refractivity contribution is 9.10. The van der Waals surface area contributed by atoms with Crippen molar-refractivity contribution in [2.75, 3.05) is 6.26 Å². The Balaban J connectivity index is 1.97. The van der Waals surface area contributed by atoms with Gasteiger partial charge in [0.2, 0.25) is 0 Å². The molecule has 0 bridgehead atoms. The van der Waals surface area contributed by atoms with Gasteiger partial charge in [0.15, 0.2) is 14.5 Å². The van der Waals surface area contributed by atoms with Crippen molar-refractivity contribution in [2.45, 2.75) is 24.4 Å². The fourth-order valence-corrected chi connectivity index (χ4v) is 2.74. The lowest BCUT2D eigenvalue weighted by Crippen LogP contribution is -2.17. The summed E-state index contributed by atoms with van der Waals surface area (Å²) in [6.07, 6.45) is 1.21. The van der Waals surface area contributed by atoms with Crippen molar-refractivity contribution in [1.82, 2.24) is 5.32 Å². The summed E-state index contributed by atoms with van der Waals surface area (Å²) in [4.78, 5) is 0.337. The van der Waals surface area contributed by atoms with E-state index in [0.717, 1.165) is 11.3 Å². The van der Waals surface area contributed by atoms with Crippen LogP contribution in [0, 0.1) is 0 Å². The minimum absolute atomic E-state index is 0.0795. The van der Waals surface area contributed by atoms with Crippen LogP contribution in [0.3, 0.4) is 0 Å². The number of nitrogens with one attached hydrogen (secondary N) is 1. The molecular formula is C14H16BrNO3S. The van der Waals surface area contributed by atoms with Gasteiger partial charge in [0.25, 0.3) is 0 Å². The summed E-state index contributed by atoms with van der Waals surface area (Å²) < 4.78 is 28.9. The Bertz CT molecular complexity index is 677. The topological polar surface area (TPSA) is 59.3 Å². The lowest BCUT2D eigenvalue weighted by molar-refractivity contribution is 0.418. The average Bonchev–Trinajstić information content (AvgIpc) is 2.82.